The zero-order valence-electron chi connectivity index (χ0n) is 15.7. The maximum absolute atomic E-state index is 12.2. The highest BCUT2D eigenvalue weighted by molar-refractivity contribution is 7.15. The minimum Gasteiger partial charge on any atom is -0.484 e. The van der Waals surface area contributed by atoms with Crippen molar-refractivity contribution >= 4 is 45.6 Å². The van der Waals surface area contributed by atoms with Crippen molar-refractivity contribution in [2.75, 3.05) is 11.9 Å². The van der Waals surface area contributed by atoms with Gasteiger partial charge in [0.1, 0.15) is 5.75 Å². The first-order chi connectivity index (χ1) is 14.0. The van der Waals surface area contributed by atoms with Crippen LogP contribution in [-0.2, 0) is 24.1 Å². The summed E-state index contributed by atoms with van der Waals surface area (Å²) in [7, 11) is 0. The highest BCUT2D eigenvalue weighted by atomic mass is 35.5. The molecule has 2 aromatic carbocycles. The van der Waals surface area contributed by atoms with Gasteiger partial charge in [-0.1, -0.05) is 29.3 Å². The Bertz CT molecular complexity index is 1020. The van der Waals surface area contributed by atoms with Crippen LogP contribution in [0.15, 0.2) is 42.6 Å². The van der Waals surface area contributed by atoms with Crippen LogP contribution in [-0.4, -0.2) is 17.5 Å². The minimum atomic E-state index is -0.227. The summed E-state index contributed by atoms with van der Waals surface area (Å²) in [6, 6.07) is 11.6. The number of fused-ring (bicyclic) bond motifs is 1. The van der Waals surface area contributed by atoms with E-state index in [9.17, 15) is 4.79 Å². The molecule has 3 aromatic rings. The number of carbonyl (C=O) groups excluding carboxylic acids is 1. The molecule has 0 fully saturated rings. The fourth-order valence-corrected chi connectivity index (χ4v) is 4.90. The van der Waals surface area contributed by atoms with Gasteiger partial charge >= 0.3 is 0 Å². The number of aromatic nitrogens is 1. The molecular formula is C22H20Cl2N2O2S. The van der Waals surface area contributed by atoms with Gasteiger partial charge in [-0.3, -0.25) is 10.1 Å². The normalized spacial score (nSPS) is 13.0. The van der Waals surface area contributed by atoms with Crippen LogP contribution in [0, 0.1) is 0 Å². The van der Waals surface area contributed by atoms with E-state index < -0.39 is 0 Å². The third kappa shape index (κ3) is 5.50. The van der Waals surface area contributed by atoms with Crippen LogP contribution in [0.25, 0.3) is 0 Å². The predicted octanol–water partition coefficient (Wildman–Crippen LogP) is 5.94. The van der Waals surface area contributed by atoms with Crippen LogP contribution >= 0.6 is 34.5 Å². The summed E-state index contributed by atoms with van der Waals surface area (Å²) in [5.74, 6) is 0.507. The Morgan fingerprint density at radius 3 is 2.62 bits per heavy atom. The first-order valence-electron chi connectivity index (χ1n) is 9.49. The molecule has 4 nitrogen and oxygen atoms in total. The Morgan fingerprint density at radius 2 is 1.83 bits per heavy atom. The van der Waals surface area contributed by atoms with Gasteiger partial charge in [0.05, 0.1) is 0 Å². The summed E-state index contributed by atoms with van der Waals surface area (Å²) in [4.78, 5) is 17.5. The molecule has 7 heteroatoms. The Kier molecular flexibility index (Phi) is 6.38. The molecule has 1 amide bonds. The summed E-state index contributed by atoms with van der Waals surface area (Å²) in [6.45, 7) is -0.0440. The molecule has 0 unspecified atom stereocenters. The average Bonchev–Trinajstić information content (AvgIpc) is 3.12. The highest BCUT2D eigenvalue weighted by Gasteiger charge is 2.12. The number of nitrogens with zero attached hydrogens (tertiary/aromatic N) is 1. The predicted molar refractivity (Wildman–Crippen MR) is 119 cm³/mol. The Labute approximate surface area is 183 Å². The highest BCUT2D eigenvalue weighted by Crippen LogP contribution is 2.26. The minimum absolute atomic E-state index is 0.0440. The molecule has 0 atom stereocenters. The fourth-order valence-electron chi connectivity index (χ4n) is 3.47. The smallest absolute Gasteiger partial charge is 0.264 e. The summed E-state index contributed by atoms with van der Waals surface area (Å²) in [5, 5.41) is 4.55. The van der Waals surface area contributed by atoms with Gasteiger partial charge in [-0.15, -0.1) is 11.3 Å². The SMILES string of the molecule is O=C(COc1ccc2c(c1)CCCC2)Nc1ncc(Cc2cc(Cl)cc(Cl)c2)s1. The standard InChI is InChI=1S/C22H20Cl2N2O2S/c23-17-7-14(8-18(24)11-17)9-20-12-25-22(29-20)26-21(27)13-28-19-6-5-15-3-1-2-4-16(15)10-19/h5-8,10-12H,1-4,9,13H2,(H,25,26,27). The summed E-state index contributed by atoms with van der Waals surface area (Å²) in [6.07, 6.45) is 7.07. The van der Waals surface area contributed by atoms with Crippen molar-refractivity contribution in [1.29, 1.82) is 0 Å². The van der Waals surface area contributed by atoms with Crippen LogP contribution in [0.4, 0.5) is 5.13 Å². The molecule has 0 radical (unpaired) electrons. The van der Waals surface area contributed by atoms with Crippen molar-refractivity contribution in [3.8, 4) is 5.75 Å². The summed E-state index contributed by atoms with van der Waals surface area (Å²) >= 11 is 13.5. The molecule has 29 heavy (non-hydrogen) atoms. The molecule has 1 aromatic heterocycles. The molecule has 0 aliphatic heterocycles. The van der Waals surface area contributed by atoms with Crippen molar-refractivity contribution in [1.82, 2.24) is 4.98 Å². The second-order valence-corrected chi connectivity index (χ2v) is 9.05. The van der Waals surface area contributed by atoms with E-state index in [-0.39, 0.29) is 12.5 Å². The zero-order chi connectivity index (χ0) is 20.2. The van der Waals surface area contributed by atoms with Gasteiger partial charge in [-0.05, 0) is 72.7 Å². The number of rotatable bonds is 6. The largest absolute Gasteiger partial charge is 0.484 e. The molecule has 1 aliphatic carbocycles. The van der Waals surface area contributed by atoms with E-state index in [4.69, 9.17) is 27.9 Å². The van der Waals surface area contributed by atoms with Crippen LogP contribution in [0.2, 0.25) is 10.0 Å². The molecule has 0 saturated heterocycles. The van der Waals surface area contributed by atoms with E-state index in [2.05, 4.69) is 22.4 Å². The number of carbonyl (C=O) groups is 1. The van der Waals surface area contributed by atoms with E-state index in [0.717, 1.165) is 29.0 Å². The second-order valence-electron chi connectivity index (χ2n) is 7.06. The topological polar surface area (TPSA) is 51.2 Å². The van der Waals surface area contributed by atoms with Crippen molar-refractivity contribution in [3.05, 3.63) is 74.2 Å². The molecule has 150 valence electrons. The van der Waals surface area contributed by atoms with Crippen LogP contribution in [0.1, 0.15) is 34.4 Å². The Hall–Kier alpha value is -2.08. The second kappa shape index (κ2) is 9.16. The van der Waals surface area contributed by atoms with E-state index in [0.29, 0.717) is 21.6 Å². The number of thiazole rings is 1. The van der Waals surface area contributed by atoms with Crippen LogP contribution < -0.4 is 10.1 Å². The van der Waals surface area contributed by atoms with Gasteiger partial charge in [0, 0.05) is 27.5 Å². The lowest BCUT2D eigenvalue weighted by Crippen LogP contribution is -2.20. The number of aryl methyl sites for hydroxylation is 2. The molecule has 0 bridgehead atoms. The van der Waals surface area contributed by atoms with Gasteiger partial charge in [0.25, 0.3) is 5.91 Å². The van der Waals surface area contributed by atoms with Gasteiger partial charge in [-0.25, -0.2) is 4.98 Å². The average molecular weight is 447 g/mol. The van der Waals surface area contributed by atoms with Gasteiger partial charge in [0.15, 0.2) is 11.7 Å². The molecule has 4 rings (SSSR count). The quantitative estimate of drug-likeness (QED) is 0.509. The lowest BCUT2D eigenvalue weighted by atomic mass is 9.92. The number of anilines is 1. The van der Waals surface area contributed by atoms with Crippen molar-refractivity contribution in [2.24, 2.45) is 0 Å². The lowest BCUT2D eigenvalue weighted by molar-refractivity contribution is -0.118. The first kappa shape index (κ1) is 20.2. The number of ether oxygens (including phenoxy) is 1. The Balaban J connectivity index is 1.31. The first-order valence-corrected chi connectivity index (χ1v) is 11.1. The number of halogens is 2. The van der Waals surface area contributed by atoms with Crippen molar-refractivity contribution < 1.29 is 9.53 Å². The molecule has 1 N–H and O–H groups in total. The number of hydrogen-bond acceptors (Lipinski definition) is 4. The number of amides is 1. The van der Waals surface area contributed by atoms with E-state index >= 15 is 0 Å². The van der Waals surface area contributed by atoms with Crippen molar-refractivity contribution in [2.45, 2.75) is 32.1 Å². The maximum atomic E-state index is 12.2. The zero-order valence-corrected chi connectivity index (χ0v) is 18.0. The Morgan fingerprint density at radius 1 is 1.07 bits per heavy atom. The van der Waals surface area contributed by atoms with Crippen LogP contribution in [0.3, 0.4) is 0 Å². The molecule has 0 spiro atoms. The maximum Gasteiger partial charge on any atom is 0.264 e. The third-order valence-corrected chi connectivity index (χ3v) is 6.14. The van der Waals surface area contributed by atoms with Gasteiger partial charge in [-0.2, -0.15) is 0 Å². The summed E-state index contributed by atoms with van der Waals surface area (Å²) < 4.78 is 5.67. The van der Waals surface area contributed by atoms with E-state index in [1.807, 2.05) is 18.2 Å². The fraction of sp³-hybridized carbons (Fsp3) is 0.273. The van der Waals surface area contributed by atoms with Gasteiger partial charge < -0.3 is 4.74 Å². The van der Waals surface area contributed by atoms with Gasteiger partial charge in [0.2, 0.25) is 0 Å². The van der Waals surface area contributed by atoms with E-state index in [1.165, 1.54) is 35.3 Å². The number of nitrogens with one attached hydrogen (secondary N) is 1. The molecule has 1 aliphatic rings. The molecular weight excluding hydrogens is 427 g/mol. The number of benzene rings is 2. The van der Waals surface area contributed by atoms with Crippen LogP contribution in [0.5, 0.6) is 5.75 Å². The lowest BCUT2D eigenvalue weighted by Gasteiger charge is -2.16. The molecule has 0 saturated carbocycles. The monoisotopic (exact) mass is 446 g/mol. The third-order valence-electron chi connectivity index (χ3n) is 4.79. The molecule has 1 heterocycles. The van der Waals surface area contributed by atoms with Crippen molar-refractivity contribution in [3.63, 3.8) is 0 Å². The summed E-state index contributed by atoms with van der Waals surface area (Å²) in [5.41, 5.74) is 3.73. The number of hydrogen-bond donors (Lipinski definition) is 1. The van der Waals surface area contributed by atoms with E-state index in [1.54, 1.807) is 12.3 Å².